The van der Waals surface area contributed by atoms with Crippen molar-refractivity contribution in [3.05, 3.63) is 90.3 Å². The Morgan fingerprint density at radius 2 is 1.67 bits per heavy atom. The molecule has 3 N–H and O–H groups in total. The van der Waals surface area contributed by atoms with Crippen molar-refractivity contribution >= 4 is 22.9 Å². The Bertz CT molecular complexity index is 812. The van der Waals surface area contributed by atoms with E-state index in [9.17, 15) is 0 Å². The van der Waals surface area contributed by atoms with E-state index in [1.807, 2.05) is 88.4 Å². The summed E-state index contributed by atoms with van der Waals surface area (Å²) in [4.78, 5) is 13.2. The monoisotopic (exact) mass is 423 g/mol. The summed E-state index contributed by atoms with van der Waals surface area (Å²) >= 11 is 1.48. The lowest BCUT2D eigenvalue weighted by atomic mass is 10.2. The number of nitrogens with two attached hydrogens (primary N) is 1. The fourth-order valence-corrected chi connectivity index (χ4v) is 2.91. The van der Waals surface area contributed by atoms with E-state index in [4.69, 9.17) is 5.73 Å². The first-order valence-electron chi connectivity index (χ1n) is 10.4. The highest BCUT2D eigenvalue weighted by atomic mass is 32.2. The van der Waals surface area contributed by atoms with Gasteiger partial charge in [-0.1, -0.05) is 106 Å². The van der Waals surface area contributed by atoms with Crippen LogP contribution in [0.5, 0.6) is 0 Å². The van der Waals surface area contributed by atoms with Crippen LogP contribution >= 0.6 is 11.8 Å². The predicted octanol–water partition coefficient (Wildman–Crippen LogP) is 5.74. The molecule has 0 saturated carbocycles. The minimum atomic E-state index is 0.0745. The smallest absolute Gasteiger partial charge is 0.223 e. The molecular formula is C24H33N5S. The van der Waals surface area contributed by atoms with Gasteiger partial charge in [-0.05, 0) is 11.6 Å². The van der Waals surface area contributed by atoms with Gasteiger partial charge in [0.2, 0.25) is 5.95 Å². The van der Waals surface area contributed by atoms with E-state index < -0.39 is 0 Å². The van der Waals surface area contributed by atoms with Gasteiger partial charge in [0.1, 0.15) is 0 Å². The predicted molar refractivity (Wildman–Crippen MR) is 133 cm³/mol. The molecule has 5 nitrogen and oxygen atoms in total. The van der Waals surface area contributed by atoms with Gasteiger partial charge in [-0.3, -0.25) is 4.99 Å². The number of aliphatic imine (C=N–C) groups is 1. The average molecular weight is 424 g/mol. The summed E-state index contributed by atoms with van der Waals surface area (Å²) in [6.45, 7) is 8.59. The van der Waals surface area contributed by atoms with E-state index in [1.165, 1.54) is 11.8 Å². The van der Waals surface area contributed by atoms with E-state index in [0.717, 1.165) is 11.3 Å². The van der Waals surface area contributed by atoms with E-state index in [0.29, 0.717) is 23.4 Å². The lowest BCUT2D eigenvalue weighted by Gasteiger charge is -2.11. The molecule has 2 aromatic rings. The van der Waals surface area contributed by atoms with Crippen molar-refractivity contribution in [3.8, 4) is 0 Å². The molecule has 1 aliphatic carbocycles. The van der Waals surface area contributed by atoms with Crippen molar-refractivity contribution < 1.29 is 0 Å². The van der Waals surface area contributed by atoms with E-state index in [1.54, 1.807) is 6.20 Å². The molecule has 1 heterocycles. The van der Waals surface area contributed by atoms with Gasteiger partial charge in [0, 0.05) is 11.9 Å². The molecule has 0 atom stereocenters. The number of nitrogens with zero attached hydrogens (tertiary/aromatic N) is 3. The van der Waals surface area contributed by atoms with Gasteiger partial charge in [-0.15, -0.1) is 0 Å². The summed E-state index contributed by atoms with van der Waals surface area (Å²) in [5.41, 5.74) is 8.05. The Balaban J connectivity index is 0.00000106. The molecular weight excluding hydrogens is 390 g/mol. The van der Waals surface area contributed by atoms with Gasteiger partial charge >= 0.3 is 0 Å². The molecule has 0 amide bonds. The molecule has 0 fully saturated rings. The van der Waals surface area contributed by atoms with Crippen molar-refractivity contribution in [3.63, 3.8) is 0 Å². The number of thioether (sulfide) groups is 1. The first kappa shape index (κ1) is 25.2. The minimum absolute atomic E-state index is 0.0745. The second-order valence-electron chi connectivity index (χ2n) is 5.63. The van der Waals surface area contributed by atoms with Crippen LogP contribution in [0.25, 0.3) is 0 Å². The Labute approximate surface area is 185 Å². The Morgan fingerprint density at radius 1 is 1.00 bits per heavy atom. The number of aromatic nitrogens is 2. The number of anilines is 1. The summed E-state index contributed by atoms with van der Waals surface area (Å²) in [6.07, 6.45) is 13.8. The quantitative estimate of drug-likeness (QED) is 0.458. The Morgan fingerprint density at radius 3 is 2.33 bits per heavy atom. The maximum atomic E-state index is 6.00. The molecule has 0 unspecified atom stereocenters. The third-order valence-electron chi connectivity index (χ3n) is 3.61. The molecule has 0 aliphatic heterocycles. The molecule has 0 saturated heterocycles. The zero-order valence-electron chi connectivity index (χ0n) is 18.3. The zero-order chi connectivity index (χ0) is 22.0. The number of allylic oxidation sites excluding steroid dienone is 4. The second kappa shape index (κ2) is 16.0. The molecule has 1 aromatic carbocycles. The topological polar surface area (TPSA) is 76.2 Å². The van der Waals surface area contributed by atoms with Crippen LogP contribution in [0.3, 0.4) is 0 Å². The van der Waals surface area contributed by atoms with Crippen molar-refractivity contribution in [2.45, 2.75) is 46.0 Å². The maximum Gasteiger partial charge on any atom is 0.223 e. The molecule has 160 valence electrons. The highest BCUT2D eigenvalue weighted by Crippen LogP contribution is 2.13. The van der Waals surface area contributed by atoms with Crippen LogP contribution in [0.15, 0.2) is 84.0 Å². The summed E-state index contributed by atoms with van der Waals surface area (Å²) in [6, 6.07) is 12.0. The lowest BCUT2D eigenvalue weighted by Crippen LogP contribution is -2.16. The molecule has 0 bridgehead atoms. The second-order valence-corrected chi connectivity index (χ2v) is 6.62. The van der Waals surface area contributed by atoms with Gasteiger partial charge in [0.15, 0.2) is 5.17 Å². The zero-order valence-corrected chi connectivity index (χ0v) is 19.1. The number of amidine groups is 1. The van der Waals surface area contributed by atoms with Crippen LogP contribution in [0.2, 0.25) is 0 Å². The highest BCUT2D eigenvalue weighted by molar-refractivity contribution is 8.13. The first-order valence-corrected chi connectivity index (χ1v) is 11.3. The van der Waals surface area contributed by atoms with Crippen LogP contribution < -0.4 is 11.1 Å². The van der Waals surface area contributed by atoms with Gasteiger partial charge in [0.25, 0.3) is 0 Å². The standard InChI is InChI=1S/C20H21N5S.2C2H6/c21-19(23-14-16-8-4-3-5-9-16)26-15-18-12-13-22-20(25-18)24-17-10-6-1-2-7-11-17;2*1-2/h1-13,17H,14-15H2,(H2,21,23)(H,22,24,25);2*1-2H3. The highest BCUT2D eigenvalue weighted by Gasteiger charge is 2.05. The number of hydrogen-bond donors (Lipinski definition) is 2. The van der Waals surface area contributed by atoms with Gasteiger partial charge in [-0.25, -0.2) is 9.97 Å². The van der Waals surface area contributed by atoms with Crippen LogP contribution in [-0.4, -0.2) is 21.2 Å². The molecule has 30 heavy (non-hydrogen) atoms. The third-order valence-corrected chi connectivity index (χ3v) is 4.47. The average Bonchev–Trinajstić information content (AvgIpc) is 3.08. The molecule has 0 radical (unpaired) electrons. The lowest BCUT2D eigenvalue weighted by molar-refractivity contribution is 1.01. The van der Waals surface area contributed by atoms with Crippen LogP contribution in [-0.2, 0) is 12.3 Å². The summed E-state index contributed by atoms with van der Waals surface area (Å²) in [5, 5.41) is 3.85. The van der Waals surface area contributed by atoms with Gasteiger partial charge in [0.05, 0.1) is 18.3 Å². The molecule has 6 heteroatoms. The summed E-state index contributed by atoms with van der Waals surface area (Å²) in [5.74, 6) is 1.25. The molecule has 3 rings (SSSR count). The van der Waals surface area contributed by atoms with Crippen LogP contribution in [0, 0.1) is 0 Å². The van der Waals surface area contributed by atoms with E-state index in [2.05, 4.69) is 32.4 Å². The van der Waals surface area contributed by atoms with Crippen LogP contribution in [0.4, 0.5) is 5.95 Å². The number of benzene rings is 1. The Kier molecular flexibility index (Phi) is 13.4. The minimum Gasteiger partial charge on any atom is -0.379 e. The van der Waals surface area contributed by atoms with Crippen molar-refractivity contribution in [2.24, 2.45) is 10.7 Å². The summed E-state index contributed by atoms with van der Waals surface area (Å²) in [7, 11) is 0. The third kappa shape index (κ3) is 10.1. The van der Waals surface area contributed by atoms with Gasteiger partial charge < -0.3 is 11.1 Å². The van der Waals surface area contributed by atoms with E-state index in [-0.39, 0.29) is 6.04 Å². The Hall–Kier alpha value is -2.86. The molecule has 1 aromatic heterocycles. The first-order chi connectivity index (χ1) is 14.8. The SMILES string of the molecule is CC.CC.NC(=NCc1ccccc1)SCc1ccnc(NC2C=CC=CC=C2)n1. The van der Waals surface area contributed by atoms with E-state index >= 15 is 0 Å². The fraction of sp³-hybridized carbons (Fsp3) is 0.292. The molecule has 1 aliphatic rings. The van der Waals surface area contributed by atoms with Gasteiger partial charge in [-0.2, -0.15) is 0 Å². The van der Waals surface area contributed by atoms with Crippen molar-refractivity contribution in [2.75, 3.05) is 5.32 Å². The van der Waals surface area contributed by atoms with Crippen molar-refractivity contribution in [1.29, 1.82) is 0 Å². The summed E-state index contributed by atoms with van der Waals surface area (Å²) < 4.78 is 0. The van der Waals surface area contributed by atoms with Crippen molar-refractivity contribution in [1.82, 2.24) is 9.97 Å². The fourth-order valence-electron chi connectivity index (χ4n) is 2.30. The molecule has 0 spiro atoms. The number of nitrogens with one attached hydrogen (secondary N) is 1. The maximum absolute atomic E-state index is 6.00. The number of hydrogen-bond acceptors (Lipinski definition) is 5. The largest absolute Gasteiger partial charge is 0.379 e. The van der Waals surface area contributed by atoms with Crippen LogP contribution in [0.1, 0.15) is 39.0 Å². The normalized spacial score (nSPS) is 12.9. The number of rotatable bonds is 6.